The summed E-state index contributed by atoms with van der Waals surface area (Å²) in [5.74, 6) is 0.0767. The second-order valence-corrected chi connectivity index (χ2v) is 6.10. The van der Waals surface area contributed by atoms with Gasteiger partial charge in [0.25, 0.3) is 5.91 Å². The zero-order chi connectivity index (χ0) is 14.4. The molecule has 1 amide bonds. The lowest BCUT2D eigenvalue weighted by Crippen LogP contribution is -2.26. The van der Waals surface area contributed by atoms with Gasteiger partial charge >= 0.3 is 0 Å². The van der Waals surface area contributed by atoms with Crippen LogP contribution in [0.4, 0.5) is 5.69 Å². The van der Waals surface area contributed by atoms with Crippen molar-refractivity contribution in [1.82, 2.24) is 4.98 Å². The molecule has 2 aromatic carbocycles. The Morgan fingerprint density at radius 1 is 1.19 bits per heavy atom. The van der Waals surface area contributed by atoms with Gasteiger partial charge in [0, 0.05) is 16.3 Å². The van der Waals surface area contributed by atoms with E-state index in [1.165, 1.54) is 0 Å². The fourth-order valence-electron chi connectivity index (χ4n) is 2.88. The van der Waals surface area contributed by atoms with Crippen molar-refractivity contribution in [3.8, 4) is 0 Å². The third-order valence-electron chi connectivity index (χ3n) is 3.87. The zero-order valence-electron chi connectivity index (χ0n) is 11.7. The quantitative estimate of drug-likeness (QED) is 0.731. The normalized spacial score (nSPS) is 13.4. The number of thiazole rings is 1. The average molecular weight is 294 g/mol. The van der Waals surface area contributed by atoms with E-state index in [1.807, 2.05) is 29.2 Å². The van der Waals surface area contributed by atoms with Gasteiger partial charge in [-0.05, 0) is 23.9 Å². The van der Waals surface area contributed by atoms with Crippen LogP contribution in [0.15, 0.2) is 41.8 Å². The minimum atomic E-state index is 0.0767. The van der Waals surface area contributed by atoms with Gasteiger partial charge in [-0.15, -0.1) is 11.3 Å². The van der Waals surface area contributed by atoms with E-state index in [2.05, 4.69) is 29.4 Å². The number of benzene rings is 2. The van der Waals surface area contributed by atoms with Crippen LogP contribution in [0.2, 0.25) is 0 Å². The molecule has 0 atom stereocenters. The fraction of sp³-hybridized carbons (Fsp3) is 0.176. The molecule has 0 bridgehead atoms. The molecular formula is C17H14N2OS. The van der Waals surface area contributed by atoms with E-state index < -0.39 is 0 Å². The smallest absolute Gasteiger partial charge is 0.259 e. The van der Waals surface area contributed by atoms with Crippen LogP contribution in [0.3, 0.4) is 0 Å². The number of carbonyl (C=O) groups excluding carboxylic acids is 1. The van der Waals surface area contributed by atoms with Crippen molar-refractivity contribution >= 4 is 33.7 Å². The van der Waals surface area contributed by atoms with Crippen LogP contribution in [-0.2, 0) is 13.0 Å². The largest absolute Gasteiger partial charge is 0.302 e. The molecule has 1 aliphatic rings. The minimum absolute atomic E-state index is 0.0767. The second-order valence-electron chi connectivity index (χ2n) is 5.16. The molecule has 0 aliphatic carbocycles. The predicted octanol–water partition coefficient (Wildman–Crippen LogP) is 4.02. The third kappa shape index (κ3) is 1.87. The minimum Gasteiger partial charge on any atom is -0.302 e. The summed E-state index contributed by atoms with van der Waals surface area (Å²) < 4.78 is 0. The van der Waals surface area contributed by atoms with Crippen molar-refractivity contribution in [3.63, 3.8) is 0 Å². The Hall–Kier alpha value is -2.20. The highest BCUT2D eigenvalue weighted by Gasteiger charge is 2.29. The summed E-state index contributed by atoms with van der Waals surface area (Å²) in [4.78, 5) is 19.1. The summed E-state index contributed by atoms with van der Waals surface area (Å²) >= 11 is 1.66. The maximum absolute atomic E-state index is 12.7. The summed E-state index contributed by atoms with van der Waals surface area (Å²) in [5, 5.41) is 5.35. The predicted molar refractivity (Wildman–Crippen MR) is 86.0 cm³/mol. The highest BCUT2D eigenvalue weighted by molar-refractivity contribution is 7.09. The summed E-state index contributed by atoms with van der Waals surface area (Å²) in [6.45, 7) is 2.64. The molecule has 0 spiro atoms. The number of nitrogens with zero attached hydrogens (tertiary/aromatic N) is 2. The molecule has 1 aliphatic heterocycles. The van der Waals surface area contributed by atoms with Gasteiger partial charge in [-0.2, -0.15) is 0 Å². The van der Waals surface area contributed by atoms with Crippen molar-refractivity contribution < 1.29 is 4.79 Å². The number of carbonyl (C=O) groups is 1. The number of aryl methyl sites for hydroxylation is 1. The Morgan fingerprint density at radius 2 is 2.00 bits per heavy atom. The first-order chi connectivity index (χ1) is 10.3. The van der Waals surface area contributed by atoms with Crippen LogP contribution >= 0.6 is 11.3 Å². The number of anilines is 1. The van der Waals surface area contributed by atoms with E-state index in [-0.39, 0.29) is 5.91 Å². The van der Waals surface area contributed by atoms with Gasteiger partial charge in [-0.1, -0.05) is 31.2 Å². The summed E-state index contributed by atoms with van der Waals surface area (Å²) in [7, 11) is 0. The van der Waals surface area contributed by atoms with Crippen molar-refractivity contribution in [3.05, 3.63) is 58.0 Å². The van der Waals surface area contributed by atoms with Gasteiger partial charge in [-0.25, -0.2) is 4.98 Å². The lowest BCUT2D eigenvalue weighted by Gasteiger charge is -2.16. The van der Waals surface area contributed by atoms with Crippen molar-refractivity contribution in [2.75, 3.05) is 4.90 Å². The topological polar surface area (TPSA) is 33.2 Å². The molecule has 4 rings (SSSR count). The van der Waals surface area contributed by atoms with E-state index in [0.29, 0.717) is 6.54 Å². The third-order valence-corrected chi connectivity index (χ3v) is 4.91. The molecule has 4 heteroatoms. The number of amides is 1. The molecule has 0 saturated carbocycles. The zero-order valence-corrected chi connectivity index (χ0v) is 12.5. The van der Waals surface area contributed by atoms with Gasteiger partial charge in [0.2, 0.25) is 0 Å². The van der Waals surface area contributed by atoms with Crippen molar-refractivity contribution in [2.24, 2.45) is 0 Å². The van der Waals surface area contributed by atoms with E-state index in [1.54, 1.807) is 11.3 Å². The van der Waals surface area contributed by atoms with Crippen molar-refractivity contribution in [2.45, 2.75) is 19.9 Å². The Kier molecular flexibility index (Phi) is 2.79. The van der Waals surface area contributed by atoms with E-state index in [0.717, 1.165) is 39.1 Å². The molecule has 0 radical (unpaired) electrons. The second kappa shape index (κ2) is 4.67. The first-order valence-corrected chi connectivity index (χ1v) is 7.93. The van der Waals surface area contributed by atoms with E-state index in [9.17, 15) is 4.79 Å². The highest BCUT2D eigenvalue weighted by atomic mass is 32.1. The highest BCUT2D eigenvalue weighted by Crippen LogP contribution is 2.37. The van der Waals surface area contributed by atoms with Crippen LogP contribution in [0.5, 0.6) is 0 Å². The molecule has 104 valence electrons. The first-order valence-electron chi connectivity index (χ1n) is 7.05. The van der Waals surface area contributed by atoms with Crippen molar-refractivity contribution in [1.29, 1.82) is 0 Å². The lowest BCUT2D eigenvalue weighted by atomic mass is 10.1. The van der Waals surface area contributed by atoms with Gasteiger partial charge in [0.15, 0.2) is 0 Å². The molecule has 1 aromatic heterocycles. The van der Waals surface area contributed by atoms with Gasteiger partial charge in [-0.3, -0.25) is 4.79 Å². The Labute approximate surface area is 126 Å². The Morgan fingerprint density at radius 3 is 2.76 bits per heavy atom. The molecular weight excluding hydrogens is 280 g/mol. The molecule has 21 heavy (non-hydrogen) atoms. The van der Waals surface area contributed by atoms with Crippen LogP contribution in [0.1, 0.15) is 28.0 Å². The van der Waals surface area contributed by atoms with Crippen LogP contribution < -0.4 is 4.90 Å². The van der Waals surface area contributed by atoms with Crippen LogP contribution in [0, 0.1) is 0 Å². The lowest BCUT2D eigenvalue weighted by molar-refractivity contribution is 0.0991. The van der Waals surface area contributed by atoms with Gasteiger partial charge in [0.05, 0.1) is 22.9 Å². The SMILES string of the molecule is CCc1nc(CN2C(=O)c3cccc4cccc2c34)cs1. The molecule has 2 heterocycles. The maximum atomic E-state index is 12.7. The standard InChI is InChI=1S/C17H14N2OS/c1-2-15-18-12(10-21-15)9-19-14-8-4-6-11-5-3-7-13(16(11)14)17(19)20/h3-8,10H,2,9H2,1H3. The van der Waals surface area contributed by atoms with Crippen LogP contribution in [-0.4, -0.2) is 10.9 Å². The van der Waals surface area contributed by atoms with Gasteiger partial charge in [0.1, 0.15) is 0 Å². The number of aromatic nitrogens is 1. The fourth-order valence-corrected chi connectivity index (χ4v) is 3.62. The Bertz CT molecular complexity index is 848. The molecule has 0 unspecified atom stereocenters. The number of hydrogen-bond acceptors (Lipinski definition) is 3. The molecule has 0 N–H and O–H groups in total. The molecule has 3 nitrogen and oxygen atoms in total. The number of hydrogen-bond donors (Lipinski definition) is 0. The first kappa shape index (κ1) is 12.5. The maximum Gasteiger partial charge on any atom is 0.259 e. The molecule has 0 fully saturated rings. The number of rotatable bonds is 3. The average Bonchev–Trinajstić information content (AvgIpc) is 3.08. The Balaban J connectivity index is 1.78. The van der Waals surface area contributed by atoms with E-state index in [4.69, 9.17) is 0 Å². The summed E-state index contributed by atoms with van der Waals surface area (Å²) in [5.41, 5.74) is 2.77. The van der Waals surface area contributed by atoms with Crippen LogP contribution in [0.25, 0.3) is 10.8 Å². The van der Waals surface area contributed by atoms with Gasteiger partial charge < -0.3 is 4.90 Å². The summed E-state index contributed by atoms with van der Waals surface area (Å²) in [6.07, 6.45) is 0.939. The summed E-state index contributed by atoms with van der Waals surface area (Å²) in [6, 6.07) is 12.0. The monoisotopic (exact) mass is 294 g/mol. The molecule has 0 saturated heterocycles. The molecule has 3 aromatic rings. The van der Waals surface area contributed by atoms with E-state index >= 15 is 0 Å².